The number of carbonyl (C=O) groups excluding carboxylic acids is 1. The summed E-state index contributed by atoms with van der Waals surface area (Å²) in [6.07, 6.45) is 10.2. The summed E-state index contributed by atoms with van der Waals surface area (Å²) in [4.78, 5) is 45.1. The molecule has 0 aliphatic carbocycles. The fraction of sp³-hybridized carbons (Fsp3) is 0.161. The van der Waals surface area contributed by atoms with E-state index in [-0.39, 0.29) is 24.2 Å². The third-order valence-corrected chi connectivity index (χ3v) is 6.50. The van der Waals surface area contributed by atoms with E-state index in [1.54, 1.807) is 55.1 Å². The van der Waals surface area contributed by atoms with Crippen molar-refractivity contribution in [2.24, 2.45) is 0 Å². The Bertz CT molecular complexity index is 1780. The van der Waals surface area contributed by atoms with Crippen LogP contribution in [-0.4, -0.2) is 56.0 Å². The van der Waals surface area contributed by atoms with E-state index in [4.69, 9.17) is 11.6 Å². The first-order valence-electron chi connectivity index (χ1n) is 13.2. The second kappa shape index (κ2) is 13.2. The van der Waals surface area contributed by atoms with E-state index in [0.717, 1.165) is 23.2 Å². The van der Waals surface area contributed by atoms with Crippen LogP contribution in [0.4, 0.5) is 11.6 Å². The molecule has 0 atom stereocenters. The molecule has 10 nitrogen and oxygen atoms in total. The number of hydrogen-bond donors (Lipinski definition) is 2. The van der Waals surface area contributed by atoms with Crippen molar-refractivity contribution < 1.29 is 4.79 Å². The normalized spacial score (nSPS) is 11.3. The van der Waals surface area contributed by atoms with E-state index in [9.17, 15) is 9.59 Å². The molecule has 0 fully saturated rings. The number of anilines is 2. The first-order valence-corrected chi connectivity index (χ1v) is 13.6. The van der Waals surface area contributed by atoms with Crippen molar-refractivity contribution in [1.82, 2.24) is 34.7 Å². The minimum atomic E-state index is -0.458. The van der Waals surface area contributed by atoms with E-state index in [0.29, 0.717) is 22.3 Å². The van der Waals surface area contributed by atoms with Gasteiger partial charge in [-0.2, -0.15) is 0 Å². The van der Waals surface area contributed by atoms with Gasteiger partial charge < -0.3 is 20.1 Å². The predicted molar refractivity (Wildman–Crippen MR) is 165 cm³/mol. The van der Waals surface area contributed by atoms with Gasteiger partial charge in [-0.1, -0.05) is 35.9 Å². The van der Waals surface area contributed by atoms with Crippen molar-refractivity contribution in [3.63, 3.8) is 0 Å². The molecule has 0 saturated carbocycles. The van der Waals surface area contributed by atoms with Crippen LogP contribution in [0.5, 0.6) is 0 Å². The minimum Gasteiger partial charge on any atom is -0.348 e. The number of nitrogens with one attached hydrogen (secondary N) is 2. The Morgan fingerprint density at radius 1 is 1.00 bits per heavy atom. The molecule has 1 amide bonds. The van der Waals surface area contributed by atoms with Crippen molar-refractivity contribution in [3.05, 3.63) is 123 Å². The summed E-state index contributed by atoms with van der Waals surface area (Å²) in [5.74, 6) is 0.0287. The maximum Gasteiger partial charge on any atom is 0.263 e. The lowest BCUT2D eigenvalue weighted by Gasteiger charge is -2.10. The first kappa shape index (κ1) is 28.6. The second-order valence-electron chi connectivity index (χ2n) is 9.88. The highest BCUT2D eigenvalue weighted by atomic mass is 35.5. The molecule has 212 valence electrons. The van der Waals surface area contributed by atoms with E-state index in [1.807, 2.05) is 32.3 Å². The third kappa shape index (κ3) is 7.42. The Morgan fingerprint density at radius 2 is 1.81 bits per heavy atom. The summed E-state index contributed by atoms with van der Waals surface area (Å²) >= 11 is 5.83. The molecule has 0 spiro atoms. The molecular weight excluding hydrogens is 552 g/mol. The molecular formula is C31H29ClN8O2. The number of amides is 1. The lowest BCUT2D eigenvalue weighted by molar-refractivity contribution is 0.0956. The van der Waals surface area contributed by atoms with Gasteiger partial charge in [0.05, 0.1) is 24.0 Å². The first-order chi connectivity index (χ1) is 20.3. The Hall–Kier alpha value is -4.93. The van der Waals surface area contributed by atoms with Crippen molar-refractivity contribution >= 4 is 46.1 Å². The van der Waals surface area contributed by atoms with Crippen molar-refractivity contribution in [2.75, 3.05) is 26.0 Å². The lowest BCUT2D eigenvalue weighted by Crippen LogP contribution is -2.33. The highest BCUT2D eigenvalue weighted by Crippen LogP contribution is 2.18. The predicted octanol–water partition coefficient (Wildman–Crippen LogP) is 4.53. The number of aromatic nitrogens is 5. The van der Waals surface area contributed by atoms with Gasteiger partial charge in [0.25, 0.3) is 11.5 Å². The van der Waals surface area contributed by atoms with Crippen LogP contribution in [0.15, 0.2) is 90.3 Å². The number of benzene rings is 1. The summed E-state index contributed by atoms with van der Waals surface area (Å²) in [6.45, 7) is 1.38. The molecule has 0 bridgehead atoms. The van der Waals surface area contributed by atoms with Crippen molar-refractivity contribution in [3.8, 4) is 0 Å². The average Bonchev–Trinajstić information content (AvgIpc) is 2.98. The zero-order valence-electron chi connectivity index (χ0n) is 23.2. The summed E-state index contributed by atoms with van der Waals surface area (Å²) < 4.78 is 1.46. The largest absolute Gasteiger partial charge is 0.348 e. The van der Waals surface area contributed by atoms with Crippen LogP contribution in [0.2, 0.25) is 5.15 Å². The lowest BCUT2D eigenvalue weighted by atomic mass is 10.2. The molecule has 1 aromatic carbocycles. The summed E-state index contributed by atoms with van der Waals surface area (Å²) in [6, 6.07) is 16.6. The number of fused-ring (bicyclic) bond motifs is 1. The van der Waals surface area contributed by atoms with Crippen molar-refractivity contribution in [2.45, 2.75) is 13.1 Å². The molecule has 4 aromatic heterocycles. The molecule has 42 heavy (non-hydrogen) atoms. The number of rotatable bonds is 10. The molecule has 0 aliphatic heterocycles. The van der Waals surface area contributed by atoms with Crippen LogP contribution >= 0.6 is 11.6 Å². The fourth-order valence-corrected chi connectivity index (χ4v) is 4.36. The van der Waals surface area contributed by atoms with Gasteiger partial charge in [-0.15, -0.1) is 0 Å². The van der Waals surface area contributed by atoms with E-state index in [1.165, 1.54) is 16.2 Å². The molecule has 11 heteroatoms. The van der Waals surface area contributed by atoms with Crippen LogP contribution in [0.1, 0.15) is 27.2 Å². The van der Waals surface area contributed by atoms with Crippen LogP contribution in [0.25, 0.3) is 17.0 Å². The quantitative estimate of drug-likeness (QED) is 0.231. The standard InChI is InChI=1S/C31H29ClN8O2/c1-39(2)19-21-7-10-24(11-8-21)37-31-36-17-23-15-25(34-18-27(23)38-31)5-3-13-33-29(41)26-6-4-14-40(30(26)42)20-22-9-12-28(32)35-16-22/h3-12,14-18H,13,19-20H2,1-2H3,(H,33,41)(H,36,37,38)/b5-3+. The van der Waals surface area contributed by atoms with E-state index < -0.39 is 5.91 Å². The Morgan fingerprint density at radius 3 is 2.57 bits per heavy atom. The van der Waals surface area contributed by atoms with Gasteiger partial charge >= 0.3 is 0 Å². The molecule has 2 N–H and O–H groups in total. The molecule has 5 rings (SSSR count). The van der Waals surface area contributed by atoms with Gasteiger partial charge in [0.15, 0.2) is 0 Å². The zero-order valence-corrected chi connectivity index (χ0v) is 23.9. The van der Waals surface area contributed by atoms with Gasteiger partial charge in [0, 0.05) is 42.8 Å². The number of carbonyl (C=O) groups is 1. The van der Waals surface area contributed by atoms with Crippen LogP contribution in [0.3, 0.4) is 0 Å². The van der Waals surface area contributed by atoms with E-state index in [2.05, 4.69) is 47.6 Å². The van der Waals surface area contributed by atoms with Crippen LogP contribution in [-0.2, 0) is 13.1 Å². The Balaban J connectivity index is 1.17. The smallest absolute Gasteiger partial charge is 0.263 e. The Kier molecular flexibility index (Phi) is 8.96. The van der Waals surface area contributed by atoms with Crippen molar-refractivity contribution in [1.29, 1.82) is 0 Å². The number of nitrogens with zero attached hydrogens (tertiary/aromatic N) is 6. The average molecular weight is 581 g/mol. The molecule has 0 radical (unpaired) electrons. The van der Waals surface area contributed by atoms with Gasteiger partial charge in [0.2, 0.25) is 5.95 Å². The molecule has 0 saturated heterocycles. The molecule has 0 unspecified atom stereocenters. The van der Waals surface area contributed by atoms with Gasteiger partial charge in [-0.3, -0.25) is 14.6 Å². The minimum absolute atomic E-state index is 0.0581. The van der Waals surface area contributed by atoms with Crippen LogP contribution < -0.4 is 16.2 Å². The molecule has 5 aromatic rings. The topological polar surface area (TPSA) is 118 Å². The molecule has 4 heterocycles. The third-order valence-electron chi connectivity index (χ3n) is 6.27. The zero-order chi connectivity index (χ0) is 29.5. The summed E-state index contributed by atoms with van der Waals surface area (Å²) in [5, 5.41) is 7.20. The van der Waals surface area contributed by atoms with Crippen LogP contribution in [0, 0.1) is 0 Å². The fourth-order valence-electron chi connectivity index (χ4n) is 4.25. The van der Waals surface area contributed by atoms with Gasteiger partial charge in [-0.05, 0) is 67.7 Å². The number of halogens is 1. The highest BCUT2D eigenvalue weighted by molar-refractivity contribution is 6.29. The van der Waals surface area contributed by atoms with Gasteiger partial charge in [-0.25, -0.2) is 15.0 Å². The monoisotopic (exact) mass is 580 g/mol. The summed E-state index contributed by atoms with van der Waals surface area (Å²) in [7, 11) is 4.08. The Labute approximate surface area is 247 Å². The number of hydrogen-bond acceptors (Lipinski definition) is 8. The second-order valence-corrected chi connectivity index (χ2v) is 10.3. The molecule has 0 aliphatic rings. The van der Waals surface area contributed by atoms with Gasteiger partial charge in [0.1, 0.15) is 10.7 Å². The maximum absolute atomic E-state index is 12.8. The maximum atomic E-state index is 12.8. The summed E-state index contributed by atoms with van der Waals surface area (Å²) in [5.41, 5.74) is 3.99. The SMILES string of the molecule is CN(C)Cc1ccc(Nc2ncc3cc(/C=C/CNC(=O)c4cccn(Cc5ccc(Cl)nc5)c4=O)ncc3n2)cc1. The van der Waals surface area contributed by atoms with E-state index >= 15 is 0 Å². The number of pyridine rings is 3. The highest BCUT2D eigenvalue weighted by Gasteiger charge is 2.12.